The molecular formula is C19H15N3O2. The summed E-state index contributed by atoms with van der Waals surface area (Å²) in [6, 6.07) is 8.92. The minimum absolute atomic E-state index is 0.155. The van der Waals surface area contributed by atoms with E-state index in [9.17, 15) is 9.59 Å². The Morgan fingerprint density at radius 2 is 1.67 bits per heavy atom. The van der Waals surface area contributed by atoms with Gasteiger partial charge in [-0.2, -0.15) is 15.4 Å². The SMILES string of the molecule is N#Cc1ccc(/C=N\N2C(=O)[C@@H]3[C@@H](C2=O)[C@@H]2C=C[C@@H]3C23CC3)cc1. The van der Waals surface area contributed by atoms with E-state index in [2.05, 4.69) is 23.3 Å². The summed E-state index contributed by atoms with van der Waals surface area (Å²) in [6.45, 7) is 0. The van der Waals surface area contributed by atoms with Crippen LogP contribution in [0.3, 0.4) is 0 Å². The zero-order valence-electron chi connectivity index (χ0n) is 12.9. The summed E-state index contributed by atoms with van der Waals surface area (Å²) in [5.74, 6) is -0.296. The van der Waals surface area contributed by atoms with Crippen LogP contribution in [0.4, 0.5) is 0 Å². The summed E-state index contributed by atoms with van der Waals surface area (Å²) in [5, 5.41) is 14.0. The third-order valence-electron chi connectivity index (χ3n) is 6.19. The molecule has 3 fully saturated rings. The van der Waals surface area contributed by atoms with Crippen molar-refractivity contribution in [3.63, 3.8) is 0 Å². The van der Waals surface area contributed by atoms with Gasteiger partial charge in [0.05, 0.1) is 29.7 Å². The molecule has 5 rings (SSSR count). The molecular weight excluding hydrogens is 302 g/mol. The van der Waals surface area contributed by atoms with E-state index < -0.39 is 0 Å². The van der Waals surface area contributed by atoms with Gasteiger partial charge >= 0.3 is 0 Å². The molecule has 5 nitrogen and oxygen atoms in total. The Morgan fingerprint density at radius 1 is 1.08 bits per heavy atom. The van der Waals surface area contributed by atoms with Crippen molar-refractivity contribution in [3.05, 3.63) is 47.5 Å². The van der Waals surface area contributed by atoms with Crippen molar-refractivity contribution in [2.24, 2.45) is 34.2 Å². The van der Waals surface area contributed by atoms with Crippen molar-refractivity contribution in [1.82, 2.24) is 5.01 Å². The summed E-state index contributed by atoms with van der Waals surface area (Å²) in [6.07, 6.45) is 8.09. The number of benzene rings is 1. The van der Waals surface area contributed by atoms with Crippen LogP contribution in [0.5, 0.6) is 0 Å². The van der Waals surface area contributed by atoms with Crippen molar-refractivity contribution < 1.29 is 9.59 Å². The van der Waals surface area contributed by atoms with Gasteiger partial charge in [0, 0.05) is 0 Å². The number of hydrogen-bond acceptors (Lipinski definition) is 4. The zero-order chi connectivity index (χ0) is 16.5. The average Bonchev–Trinajstić information content (AvgIpc) is 3.21. The van der Waals surface area contributed by atoms with Gasteiger partial charge < -0.3 is 0 Å². The summed E-state index contributed by atoms with van der Waals surface area (Å²) in [7, 11) is 0. The number of allylic oxidation sites excluding steroid dienone is 2. The van der Waals surface area contributed by atoms with Gasteiger partial charge in [0.2, 0.25) is 0 Å². The number of imide groups is 1. The second-order valence-electron chi connectivity index (χ2n) is 7.19. The molecule has 1 saturated heterocycles. The van der Waals surface area contributed by atoms with Crippen LogP contribution in [-0.4, -0.2) is 23.0 Å². The number of fused-ring (bicyclic) bond motifs is 3. The lowest BCUT2D eigenvalue weighted by molar-refractivity contribution is -0.141. The maximum absolute atomic E-state index is 12.7. The van der Waals surface area contributed by atoms with E-state index in [-0.39, 0.29) is 40.9 Å². The summed E-state index contributed by atoms with van der Waals surface area (Å²) < 4.78 is 0. The quantitative estimate of drug-likeness (QED) is 0.476. The van der Waals surface area contributed by atoms with Crippen LogP contribution in [0.25, 0.3) is 0 Å². The third kappa shape index (κ3) is 1.56. The van der Waals surface area contributed by atoms with E-state index in [1.807, 2.05) is 0 Å². The number of hydrogen-bond donors (Lipinski definition) is 0. The molecule has 1 aliphatic heterocycles. The standard InChI is InChI=1S/C19H15N3O2/c20-9-11-1-3-12(4-2-11)10-21-22-17(23)15-13-5-6-14(16(15)18(22)24)19(13)7-8-19/h1-6,10,13-16H,7-8H2/b21-10-/t13-,14-,15-,16-/m0/s1. The minimum Gasteiger partial charge on any atom is -0.272 e. The van der Waals surface area contributed by atoms with Crippen LogP contribution in [-0.2, 0) is 9.59 Å². The van der Waals surface area contributed by atoms with Crippen molar-refractivity contribution in [1.29, 1.82) is 5.26 Å². The maximum Gasteiger partial charge on any atom is 0.254 e. The second-order valence-corrected chi connectivity index (χ2v) is 7.19. The van der Waals surface area contributed by atoms with Crippen molar-refractivity contribution in [2.45, 2.75) is 12.8 Å². The summed E-state index contributed by atoms with van der Waals surface area (Å²) in [4.78, 5) is 25.5. The first-order chi connectivity index (χ1) is 11.7. The van der Waals surface area contributed by atoms with Gasteiger partial charge in [0.1, 0.15) is 0 Å². The van der Waals surface area contributed by atoms with Gasteiger partial charge in [0.25, 0.3) is 11.8 Å². The first-order valence-electron chi connectivity index (χ1n) is 8.26. The topological polar surface area (TPSA) is 73.5 Å². The van der Waals surface area contributed by atoms with Gasteiger partial charge in [-0.25, -0.2) is 0 Å². The molecule has 118 valence electrons. The van der Waals surface area contributed by atoms with Crippen LogP contribution in [0.15, 0.2) is 41.5 Å². The third-order valence-corrected chi connectivity index (χ3v) is 6.19. The Kier molecular flexibility index (Phi) is 2.52. The number of nitriles is 1. The summed E-state index contributed by atoms with van der Waals surface area (Å²) >= 11 is 0. The Bertz CT molecular complexity index is 824. The molecule has 24 heavy (non-hydrogen) atoms. The van der Waals surface area contributed by atoms with Crippen LogP contribution >= 0.6 is 0 Å². The summed E-state index contributed by atoms with van der Waals surface area (Å²) in [5.41, 5.74) is 1.53. The Balaban J connectivity index is 1.41. The van der Waals surface area contributed by atoms with Crippen molar-refractivity contribution >= 4 is 18.0 Å². The van der Waals surface area contributed by atoms with E-state index in [1.54, 1.807) is 24.3 Å². The molecule has 2 amide bonds. The lowest BCUT2D eigenvalue weighted by Crippen LogP contribution is -2.30. The number of hydrazone groups is 1. The lowest BCUT2D eigenvalue weighted by atomic mass is 9.85. The fraction of sp³-hybridized carbons (Fsp3) is 0.368. The molecule has 5 heteroatoms. The lowest BCUT2D eigenvalue weighted by Gasteiger charge is -2.18. The van der Waals surface area contributed by atoms with Crippen molar-refractivity contribution in [2.75, 3.05) is 0 Å². The maximum atomic E-state index is 12.7. The molecule has 1 aromatic carbocycles. The molecule has 3 aliphatic carbocycles. The molecule has 4 atom stereocenters. The fourth-order valence-electron chi connectivity index (χ4n) is 4.94. The van der Waals surface area contributed by atoms with Crippen LogP contribution in [0.2, 0.25) is 0 Å². The zero-order valence-corrected chi connectivity index (χ0v) is 12.9. The molecule has 0 aromatic heterocycles. The Labute approximate surface area is 139 Å². The van der Waals surface area contributed by atoms with E-state index in [0.717, 1.165) is 23.4 Å². The van der Waals surface area contributed by atoms with Crippen LogP contribution in [0, 0.1) is 40.4 Å². The van der Waals surface area contributed by atoms with E-state index in [1.165, 1.54) is 6.21 Å². The first-order valence-corrected chi connectivity index (χ1v) is 8.26. The highest BCUT2D eigenvalue weighted by Gasteiger charge is 2.73. The highest BCUT2D eigenvalue weighted by Crippen LogP contribution is 2.73. The van der Waals surface area contributed by atoms with Crippen molar-refractivity contribution in [3.8, 4) is 6.07 Å². The van der Waals surface area contributed by atoms with Crippen LogP contribution in [0.1, 0.15) is 24.0 Å². The molecule has 0 N–H and O–H groups in total. The average molecular weight is 317 g/mol. The number of carbonyl (C=O) groups is 2. The van der Waals surface area contributed by atoms with E-state index >= 15 is 0 Å². The number of rotatable bonds is 2. The normalized spacial score (nSPS) is 34.4. The molecule has 2 bridgehead atoms. The smallest absolute Gasteiger partial charge is 0.254 e. The molecule has 4 aliphatic rings. The monoisotopic (exact) mass is 317 g/mol. The second kappa shape index (κ2) is 4.41. The number of amides is 2. The van der Waals surface area contributed by atoms with E-state index in [4.69, 9.17) is 5.26 Å². The fourth-order valence-corrected chi connectivity index (χ4v) is 4.94. The molecule has 0 unspecified atom stereocenters. The van der Waals surface area contributed by atoms with Crippen LogP contribution < -0.4 is 0 Å². The molecule has 1 heterocycles. The number of carbonyl (C=O) groups excluding carboxylic acids is 2. The predicted octanol–water partition coefficient (Wildman–Crippen LogP) is 2.09. The largest absolute Gasteiger partial charge is 0.272 e. The van der Waals surface area contributed by atoms with Gasteiger partial charge in [-0.1, -0.05) is 24.3 Å². The minimum atomic E-state index is -0.215. The van der Waals surface area contributed by atoms with Gasteiger partial charge in [-0.3, -0.25) is 9.59 Å². The highest BCUT2D eigenvalue weighted by molar-refractivity contribution is 6.07. The van der Waals surface area contributed by atoms with E-state index in [0.29, 0.717) is 5.56 Å². The number of nitrogens with zero attached hydrogens (tertiary/aromatic N) is 3. The predicted molar refractivity (Wildman–Crippen MR) is 85.4 cm³/mol. The molecule has 2 saturated carbocycles. The highest BCUT2D eigenvalue weighted by atomic mass is 16.2. The Hall–Kier alpha value is -2.74. The van der Waals surface area contributed by atoms with Gasteiger partial charge in [0.15, 0.2) is 0 Å². The molecule has 1 spiro atoms. The Morgan fingerprint density at radius 3 is 2.17 bits per heavy atom. The van der Waals surface area contributed by atoms with Gasteiger partial charge in [-0.15, -0.1) is 0 Å². The molecule has 1 aromatic rings. The van der Waals surface area contributed by atoms with Gasteiger partial charge in [-0.05, 0) is 47.8 Å². The molecule has 0 radical (unpaired) electrons. The first kappa shape index (κ1) is 13.7.